The maximum atomic E-state index is 10.9. The van der Waals surface area contributed by atoms with Crippen LogP contribution in [0, 0.1) is 0 Å². The highest BCUT2D eigenvalue weighted by Gasteiger charge is 2.09. The standard InChI is InChI=1S/C11H11NO2/c1-2-8-4-3-5-9-6-7-12(10(8)9)11(13)14/h3-7H,2H2,1H3,(H,13,14). The highest BCUT2D eigenvalue weighted by Crippen LogP contribution is 2.20. The Morgan fingerprint density at radius 1 is 1.43 bits per heavy atom. The molecule has 0 fully saturated rings. The largest absolute Gasteiger partial charge is 0.464 e. The molecule has 2 rings (SSSR count). The molecule has 0 amide bonds. The Kier molecular flexibility index (Phi) is 2.00. The van der Waals surface area contributed by atoms with E-state index in [0.717, 1.165) is 22.9 Å². The Balaban J connectivity index is 2.81. The van der Waals surface area contributed by atoms with Gasteiger partial charge in [-0.25, -0.2) is 4.79 Å². The first-order chi connectivity index (χ1) is 6.74. The van der Waals surface area contributed by atoms with Crippen LogP contribution >= 0.6 is 0 Å². The number of rotatable bonds is 1. The number of aryl methyl sites for hydroxylation is 1. The average molecular weight is 189 g/mol. The zero-order chi connectivity index (χ0) is 10.1. The van der Waals surface area contributed by atoms with E-state index in [1.807, 2.05) is 31.2 Å². The van der Waals surface area contributed by atoms with Crippen LogP contribution in [-0.4, -0.2) is 15.8 Å². The number of nitrogens with zero attached hydrogens (tertiary/aromatic N) is 1. The first kappa shape index (κ1) is 8.81. The fourth-order valence-corrected chi connectivity index (χ4v) is 1.71. The quantitative estimate of drug-likeness (QED) is 0.749. The van der Waals surface area contributed by atoms with Crippen LogP contribution in [0.15, 0.2) is 30.5 Å². The lowest BCUT2D eigenvalue weighted by Gasteiger charge is -2.03. The fraction of sp³-hybridized carbons (Fsp3) is 0.182. The third kappa shape index (κ3) is 1.18. The van der Waals surface area contributed by atoms with Crippen LogP contribution in [0.3, 0.4) is 0 Å². The van der Waals surface area contributed by atoms with Crippen LogP contribution in [0.2, 0.25) is 0 Å². The normalized spacial score (nSPS) is 10.6. The van der Waals surface area contributed by atoms with Crippen molar-refractivity contribution in [3.8, 4) is 0 Å². The highest BCUT2D eigenvalue weighted by atomic mass is 16.4. The predicted molar refractivity (Wildman–Crippen MR) is 54.7 cm³/mol. The lowest BCUT2D eigenvalue weighted by molar-refractivity contribution is 0.197. The van der Waals surface area contributed by atoms with E-state index in [2.05, 4.69) is 0 Å². The predicted octanol–water partition coefficient (Wildman–Crippen LogP) is 2.73. The number of carbonyl (C=O) groups is 1. The zero-order valence-electron chi connectivity index (χ0n) is 7.90. The number of benzene rings is 1. The lowest BCUT2D eigenvalue weighted by Crippen LogP contribution is -2.06. The Labute approximate surface area is 81.6 Å². The van der Waals surface area contributed by atoms with Crippen molar-refractivity contribution in [2.75, 3.05) is 0 Å². The van der Waals surface area contributed by atoms with Crippen LogP contribution in [-0.2, 0) is 6.42 Å². The van der Waals surface area contributed by atoms with Gasteiger partial charge < -0.3 is 5.11 Å². The molecule has 1 aromatic carbocycles. The van der Waals surface area contributed by atoms with E-state index in [-0.39, 0.29) is 0 Å². The minimum atomic E-state index is -0.930. The minimum Gasteiger partial charge on any atom is -0.464 e. The van der Waals surface area contributed by atoms with Gasteiger partial charge in [-0.3, -0.25) is 4.57 Å². The number of para-hydroxylation sites is 1. The number of aromatic nitrogens is 1. The van der Waals surface area contributed by atoms with Crippen molar-refractivity contribution >= 4 is 17.0 Å². The third-order valence-corrected chi connectivity index (χ3v) is 2.38. The molecule has 1 heterocycles. The molecule has 14 heavy (non-hydrogen) atoms. The second-order valence-corrected chi connectivity index (χ2v) is 3.18. The SMILES string of the molecule is CCc1cccc2ccn(C(=O)O)c12. The van der Waals surface area contributed by atoms with E-state index in [9.17, 15) is 4.79 Å². The van der Waals surface area contributed by atoms with Crippen molar-refractivity contribution in [2.24, 2.45) is 0 Å². The smallest absolute Gasteiger partial charge is 0.416 e. The summed E-state index contributed by atoms with van der Waals surface area (Å²) in [7, 11) is 0. The number of fused-ring (bicyclic) bond motifs is 1. The van der Waals surface area contributed by atoms with E-state index in [1.54, 1.807) is 6.20 Å². The number of hydrogen-bond acceptors (Lipinski definition) is 1. The molecule has 3 nitrogen and oxygen atoms in total. The summed E-state index contributed by atoms with van der Waals surface area (Å²) in [6.07, 6.45) is 1.50. The van der Waals surface area contributed by atoms with E-state index < -0.39 is 6.09 Å². The van der Waals surface area contributed by atoms with Gasteiger partial charge in [0.05, 0.1) is 5.52 Å². The van der Waals surface area contributed by atoms with Crippen molar-refractivity contribution in [3.05, 3.63) is 36.0 Å². The Morgan fingerprint density at radius 3 is 2.86 bits per heavy atom. The Hall–Kier alpha value is -1.77. The van der Waals surface area contributed by atoms with Crippen LogP contribution in [0.4, 0.5) is 4.79 Å². The van der Waals surface area contributed by atoms with E-state index >= 15 is 0 Å². The monoisotopic (exact) mass is 189 g/mol. The van der Waals surface area contributed by atoms with Crippen molar-refractivity contribution in [2.45, 2.75) is 13.3 Å². The summed E-state index contributed by atoms with van der Waals surface area (Å²) in [6, 6.07) is 7.66. The fourth-order valence-electron chi connectivity index (χ4n) is 1.71. The Bertz CT molecular complexity index is 485. The Morgan fingerprint density at radius 2 is 2.21 bits per heavy atom. The average Bonchev–Trinajstić information content (AvgIpc) is 2.60. The van der Waals surface area contributed by atoms with Crippen molar-refractivity contribution in [1.29, 1.82) is 0 Å². The number of hydrogen-bond donors (Lipinski definition) is 1. The van der Waals surface area contributed by atoms with Gasteiger partial charge in [-0.05, 0) is 18.1 Å². The van der Waals surface area contributed by atoms with Gasteiger partial charge in [-0.2, -0.15) is 0 Å². The molecular formula is C11H11NO2. The molecule has 0 radical (unpaired) electrons. The molecule has 0 aliphatic rings. The first-order valence-electron chi connectivity index (χ1n) is 4.56. The van der Waals surface area contributed by atoms with Crippen molar-refractivity contribution in [1.82, 2.24) is 4.57 Å². The molecule has 72 valence electrons. The van der Waals surface area contributed by atoms with Crippen molar-refractivity contribution < 1.29 is 9.90 Å². The van der Waals surface area contributed by atoms with E-state index in [0.29, 0.717) is 0 Å². The van der Waals surface area contributed by atoms with Gasteiger partial charge in [0, 0.05) is 11.6 Å². The van der Waals surface area contributed by atoms with Crippen LogP contribution in [0.5, 0.6) is 0 Å². The lowest BCUT2D eigenvalue weighted by atomic mass is 10.1. The molecule has 0 aliphatic carbocycles. The molecule has 1 N–H and O–H groups in total. The molecule has 0 unspecified atom stereocenters. The molecule has 0 aliphatic heterocycles. The minimum absolute atomic E-state index is 0.808. The van der Waals surface area contributed by atoms with Gasteiger partial charge in [0.25, 0.3) is 0 Å². The number of carboxylic acid groups (broad SMARTS) is 1. The zero-order valence-corrected chi connectivity index (χ0v) is 7.90. The topological polar surface area (TPSA) is 42.2 Å². The molecular weight excluding hydrogens is 178 g/mol. The van der Waals surface area contributed by atoms with Crippen molar-refractivity contribution in [3.63, 3.8) is 0 Å². The van der Waals surface area contributed by atoms with Crippen LogP contribution in [0.1, 0.15) is 12.5 Å². The van der Waals surface area contributed by atoms with Crippen LogP contribution in [0.25, 0.3) is 10.9 Å². The summed E-state index contributed by atoms with van der Waals surface area (Å²) in [5, 5.41) is 9.93. The van der Waals surface area contributed by atoms with Gasteiger partial charge in [-0.1, -0.05) is 25.1 Å². The first-order valence-corrected chi connectivity index (χ1v) is 4.56. The summed E-state index contributed by atoms with van der Waals surface area (Å²) >= 11 is 0. The summed E-state index contributed by atoms with van der Waals surface area (Å²) < 4.78 is 1.27. The van der Waals surface area contributed by atoms with Gasteiger partial charge in [-0.15, -0.1) is 0 Å². The summed E-state index contributed by atoms with van der Waals surface area (Å²) in [6.45, 7) is 2.02. The molecule has 3 heteroatoms. The van der Waals surface area contributed by atoms with Gasteiger partial charge in [0.15, 0.2) is 0 Å². The summed E-state index contributed by atoms with van der Waals surface area (Å²) in [5.74, 6) is 0. The van der Waals surface area contributed by atoms with Crippen LogP contribution < -0.4 is 0 Å². The molecule has 0 atom stereocenters. The third-order valence-electron chi connectivity index (χ3n) is 2.38. The second-order valence-electron chi connectivity index (χ2n) is 3.18. The maximum absolute atomic E-state index is 10.9. The summed E-state index contributed by atoms with van der Waals surface area (Å²) in [5.41, 5.74) is 1.87. The summed E-state index contributed by atoms with van der Waals surface area (Å²) in [4.78, 5) is 10.9. The maximum Gasteiger partial charge on any atom is 0.416 e. The second kappa shape index (κ2) is 3.18. The molecule has 0 saturated heterocycles. The highest BCUT2D eigenvalue weighted by molar-refractivity contribution is 5.91. The van der Waals surface area contributed by atoms with Gasteiger partial charge in [0.1, 0.15) is 0 Å². The molecule has 1 aromatic heterocycles. The molecule has 0 spiro atoms. The molecule has 2 aromatic rings. The molecule has 0 saturated carbocycles. The van der Waals surface area contributed by atoms with E-state index in [4.69, 9.17) is 5.11 Å². The van der Waals surface area contributed by atoms with Gasteiger partial charge >= 0.3 is 6.09 Å². The molecule has 0 bridgehead atoms. The van der Waals surface area contributed by atoms with E-state index in [1.165, 1.54) is 4.57 Å². The van der Waals surface area contributed by atoms with Gasteiger partial charge in [0.2, 0.25) is 0 Å².